The number of aryl methyl sites for hydroxylation is 2. The molecule has 0 saturated heterocycles. The number of rotatable bonds is 5. The average molecular weight is 261 g/mol. The van der Waals surface area contributed by atoms with Crippen LogP contribution in [0.15, 0.2) is 24.3 Å². The van der Waals surface area contributed by atoms with Crippen molar-refractivity contribution >= 4 is 5.97 Å². The van der Waals surface area contributed by atoms with Crippen LogP contribution < -0.4 is 4.74 Å². The number of aliphatic carboxylic acids is 1. The summed E-state index contributed by atoms with van der Waals surface area (Å²) in [6.07, 6.45) is -0.0221. The Bertz CT molecular complexity index is 593. The molecule has 19 heavy (non-hydrogen) atoms. The summed E-state index contributed by atoms with van der Waals surface area (Å²) < 4.78 is 7.10. The van der Waals surface area contributed by atoms with Gasteiger partial charge in [0.25, 0.3) is 0 Å². The van der Waals surface area contributed by atoms with E-state index in [1.165, 1.54) is 0 Å². The maximum absolute atomic E-state index is 10.4. The number of aromatic nitrogens is 3. The Labute approximate surface area is 110 Å². The zero-order chi connectivity index (χ0) is 13.8. The zero-order valence-electron chi connectivity index (χ0n) is 10.8. The second-order valence-electron chi connectivity index (χ2n) is 4.11. The number of ether oxygens (including phenoxy) is 1. The van der Waals surface area contributed by atoms with Gasteiger partial charge in [0.15, 0.2) is 0 Å². The minimum Gasteiger partial charge on any atom is -0.493 e. The molecule has 2 aromatic rings. The van der Waals surface area contributed by atoms with E-state index in [0.29, 0.717) is 11.6 Å². The number of carbonyl (C=O) groups is 1. The molecule has 0 saturated carbocycles. The van der Waals surface area contributed by atoms with Gasteiger partial charge >= 0.3 is 5.97 Å². The highest BCUT2D eigenvalue weighted by Crippen LogP contribution is 2.17. The minimum absolute atomic E-state index is 0.0221. The van der Waals surface area contributed by atoms with Gasteiger partial charge in [-0.15, -0.1) is 0 Å². The lowest BCUT2D eigenvalue weighted by Gasteiger charge is -2.07. The van der Waals surface area contributed by atoms with Crippen LogP contribution in [0.3, 0.4) is 0 Å². The molecule has 0 unspecified atom stereocenters. The molecule has 6 heteroatoms. The molecule has 0 aliphatic rings. The molecule has 1 heterocycles. The SMILES string of the molecule is Cc1nc(C)n(-c2cccc(OCCC(=O)O)c2)n1. The lowest BCUT2D eigenvalue weighted by Crippen LogP contribution is -2.05. The van der Waals surface area contributed by atoms with Crippen LogP contribution in [0.2, 0.25) is 0 Å². The molecule has 1 aromatic heterocycles. The predicted octanol–water partition coefficient (Wildman–Crippen LogP) is 1.74. The van der Waals surface area contributed by atoms with Crippen molar-refractivity contribution in [3.8, 4) is 11.4 Å². The maximum Gasteiger partial charge on any atom is 0.306 e. The van der Waals surface area contributed by atoms with E-state index in [4.69, 9.17) is 9.84 Å². The van der Waals surface area contributed by atoms with Gasteiger partial charge < -0.3 is 9.84 Å². The van der Waals surface area contributed by atoms with Crippen LogP contribution in [-0.4, -0.2) is 32.4 Å². The highest BCUT2D eigenvalue weighted by atomic mass is 16.5. The van der Waals surface area contributed by atoms with E-state index >= 15 is 0 Å². The second-order valence-corrected chi connectivity index (χ2v) is 4.11. The van der Waals surface area contributed by atoms with Gasteiger partial charge in [0.05, 0.1) is 18.7 Å². The van der Waals surface area contributed by atoms with Crippen molar-refractivity contribution in [3.63, 3.8) is 0 Å². The van der Waals surface area contributed by atoms with E-state index in [1.807, 2.05) is 32.0 Å². The molecule has 0 spiro atoms. The maximum atomic E-state index is 10.4. The first-order chi connectivity index (χ1) is 9.06. The summed E-state index contributed by atoms with van der Waals surface area (Å²) in [6, 6.07) is 7.32. The summed E-state index contributed by atoms with van der Waals surface area (Å²) in [5.74, 6) is 1.24. The van der Waals surface area contributed by atoms with E-state index < -0.39 is 5.97 Å². The predicted molar refractivity (Wildman–Crippen MR) is 68.6 cm³/mol. The Morgan fingerprint density at radius 3 is 2.84 bits per heavy atom. The standard InChI is InChI=1S/C13H15N3O3/c1-9-14-10(2)16(15-9)11-4-3-5-12(8-11)19-7-6-13(17)18/h3-5,8H,6-7H2,1-2H3,(H,17,18). The third kappa shape index (κ3) is 3.31. The Balaban J connectivity index is 2.15. The molecule has 0 fully saturated rings. The van der Waals surface area contributed by atoms with Crippen molar-refractivity contribution in [1.82, 2.24) is 14.8 Å². The number of nitrogens with zero attached hydrogens (tertiary/aromatic N) is 3. The van der Waals surface area contributed by atoms with Crippen LogP contribution >= 0.6 is 0 Å². The van der Waals surface area contributed by atoms with Crippen LogP contribution in [0.1, 0.15) is 18.1 Å². The fraction of sp³-hybridized carbons (Fsp3) is 0.308. The largest absolute Gasteiger partial charge is 0.493 e. The van der Waals surface area contributed by atoms with Gasteiger partial charge in [-0.2, -0.15) is 5.10 Å². The van der Waals surface area contributed by atoms with E-state index in [9.17, 15) is 4.79 Å². The second kappa shape index (κ2) is 5.51. The zero-order valence-corrected chi connectivity index (χ0v) is 10.8. The molecular formula is C13H15N3O3. The summed E-state index contributed by atoms with van der Waals surface area (Å²) in [4.78, 5) is 14.7. The monoisotopic (exact) mass is 261 g/mol. The number of hydrogen-bond donors (Lipinski definition) is 1. The van der Waals surface area contributed by atoms with Gasteiger partial charge in [0.2, 0.25) is 0 Å². The number of benzene rings is 1. The van der Waals surface area contributed by atoms with Gasteiger partial charge in [0, 0.05) is 6.07 Å². The van der Waals surface area contributed by atoms with Crippen LogP contribution in [0.4, 0.5) is 0 Å². The fourth-order valence-corrected chi connectivity index (χ4v) is 1.73. The first-order valence-electron chi connectivity index (χ1n) is 5.91. The van der Waals surface area contributed by atoms with Crippen molar-refractivity contribution in [2.45, 2.75) is 20.3 Å². The normalized spacial score (nSPS) is 10.4. The van der Waals surface area contributed by atoms with Crippen molar-refractivity contribution in [2.24, 2.45) is 0 Å². The smallest absolute Gasteiger partial charge is 0.306 e. The van der Waals surface area contributed by atoms with Gasteiger partial charge in [-0.25, -0.2) is 9.67 Å². The summed E-state index contributed by atoms with van der Waals surface area (Å²) in [5, 5.41) is 12.8. The van der Waals surface area contributed by atoms with Crippen LogP contribution in [0, 0.1) is 13.8 Å². The van der Waals surface area contributed by atoms with E-state index in [0.717, 1.165) is 11.5 Å². The third-order valence-corrected chi connectivity index (χ3v) is 2.52. The first-order valence-corrected chi connectivity index (χ1v) is 5.91. The topological polar surface area (TPSA) is 77.2 Å². The Morgan fingerprint density at radius 1 is 1.42 bits per heavy atom. The van der Waals surface area contributed by atoms with Crippen LogP contribution in [0.5, 0.6) is 5.75 Å². The quantitative estimate of drug-likeness (QED) is 0.887. The van der Waals surface area contributed by atoms with Gasteiger partial charge in [-0.1, -0.05) is 6.07 Å². The summed E-state index contributed by atoms with van der Waals surface area (Å²) in [5.41, 5.74) is 0.839. The molecule has 1 N–H and O–H groups in total. The lowest BCUT2D eigenvalue weighted by molar-refractivity contribution is -0.137. The molecular weight excluding hydrogens is 246 g/mol. The minimum atomic E-state index is -0.876. The number of carboxylic acids is 1. The van der Waals surface area contributed by atoms with Gasteiger partial charge in [-0.3, -0.25) is 4.79 Å². The van der Waals surface area contributed by atoms with Crippen molar-refractivity contribution < 1.29 is 14.6 Å². The average Bonchev–Trinajstić information content (AvgIpc) is 2.68. The molecule has 6 nitrogen and oxygen atoms in total. The van der Waals surface area contributed by atoms with E-state index in [2.05, 4.69) is 10.1 Å². The van der Waals surface area contributed by atoms with Gasteiger partial charge in [0.1, 0.15) is 17.4 Å². The molecule has 0 aliphatic carbocycles. The molecule has 0 amide bonds. The lowest BCUT2D eigenvalue weighted by atomic mass is 10.3. The molecule has 0 bridgehead atoms. The molecule has 1 aromatic carbocycles. The van der Waals surface area contributed by atoms with E-state index in [-0.39, 0.29) is 13.0 Å². The van der Waals surface area contributed by atoms with E-state index in [1.54, 1.807) is 10.7 Å². The summed E-state index contributed by atoms with van der Waals surface area (Å²) in [6.45, 7) is 3.85. The third-order valence-electron chi connectivity index (χ3n) is 2.52. The molecule has 0 atom stereocenters. The highest BCUT2D eigenvalue weighted by molar-refractivity contribution is 5.66. The van der Waals surface area contributed by atoms with Crippen LogP contribution in [0.25, 0.3) is 5.69 Å². The molecule has 100 valence electrons. The Hall–Kier alpha value is -2.37. The Morgan fingerprint density at radius 2 is 2.21 bits per heavy atom. The fourth-order valence-electron chi connectivity index (χ4n) is 1.73. The number of hydrogen-bond acceptors (Lipinski definition) is 4. The molecule has 0 aliphatic heterocycles. The first kappa shape index (κ1) is 13.1. The Kier molecular flexibility index (Phi) is 3.79. The van der Waals surface area contributed by atoms with Crippen molar-refractivity contribution in [1.29, 1.82) is 0 Å². The summed E-state index contributed by atoms with van der Waals surface area (Å²) in [7, 11) is 0. The molecule has 0 radical (unpaired) electrons. The van der Waals surface area contributed by atoms with Crippen LogP contribution in [-0.2, 0) is 4.79 Å². The van der Waals surface area contributed by atoms with Gasteiger partial charge in [-0.05, 0) is 26.0 Å². The summed E-state index contributed by atoms with van der Waals surface area (Å²) >= 11 is 0. The van der Waals surface area contributed by atoms with Crippen molar-refractivity contribution in [3.05, 3.63) is 35.9 Å². The molecule has 2 rings (SSSR count). The number of carboxylic acid groups (broad SMARTS) is 1. The van der Waals surface area contributed by atoms with Crippen molar-refractivity contribution in [2.75, 3.05) is 6.61 Å². The highest BCUT2D eigenvalue weighted by Gasteiger charge is 2.06.